The number of halogens is 3. The van der Waals surface area contributed by atoms with Crippen molar-refractivity contribution in [2.45, 2.75) is 38.6 Å². The van der Waals surface area contributed by atoms with E-state index >= 15 is 0 Å². The number of benzene rings is 1. The van der Waals surface area contributed by atoms with E-state index in [0.717, 1.165) is 10.9 Å². The Morgan fingerprint density at radius 3 is 2.52 bits per heavy atom. The van der Waals surface area contributed by atoms with E-state index in [1.165, 1.54) is 13.8 Å². The van der Waals surface area contributed by atoms with Crippen molar-refractivity contribution >= 4 is 16.8 Å². The maximum Gasteiger partial charge on any atom is 0.471 e. The lowest BCUT2D eigenvalue weighted by atomic mass is 10.1. The van der Waals surface area contributed by atoms with Crippen molar-refractivity contribution in [3.8, 4) is 0 Å². The molecule has 0 saturated carbocycles. The van der Waals surface area contributed by atoms with Crippen molar-refractivity contribution in [1.29, 1.82) is 0 Å². The lowest BCUT2D eigenvalue weighted by molar-refractivity contribution is -0.188. The number of rotatable bonds is 5. The number of amides is 1. The molecule has 0 aliphatic heterocycles. The molecule has 1 atom stereocenters. The van der Waals surface area contributed by atoms with Crippen molar-refractivity contribution in [3.05, 3.63) is 36.0 Å². The number of H-pyrrole nitrogens is 1. The van der Waals surface area contributed by atoms with E-state index in [4.69, 9.17) is 0 Å². The number of aromatic amines is 1. The number of alkyl halides is 3. The Kier molecular flexibility index (Phi) is 4.99. The topological polar surface area (TPSA) is 56.3 Å². The van der Waals surface area contributed by atoms with Crippen LogP contribution in [0.15, 0.2) is 30.3 Å². The minimum absolute atomic E-state index is 0.142. The summed E-state index contributed by atoms with van der Waals surface area (Å²) in [5, 5.41) is 11.0. The average molecular weight is 328 g/mol. The Bertz CT molecular complexity index is 646. The summed E-state index contributed by atoms with van der Waals surface area (Å²) in [4.78, 5) is 15.2. The van der Waals surface area contributed by atoms with E-state index in [9.17, 15) is 23.1 Å². The molecule has 1 unspecified atom stereocenters. The molecule has 2 N–H and O–H groups in total. The third-order valence-corrected chi connectivity index (χ3v) is 3.58. The zero-order chi connectivity index (χ0) is 17.2. The summed E-state index contributed by atoms with van der Waals surface area (Å²) in [7, 11) is 0. The van der Waals surface area contributed by atoms with Gasteiger partial charge in [-0.3, -0.25) is 4.79 Å². The standard InChI is InChI=1S/C16H19F3N2O2/c1-10(2)21(15(23)16(17,18)19)9-13(22)8-12-7-11-5-3-4-6-14(11)20-12/h3-7,10,13,20,22H,8-9H2,1-2H3. The molecule has 2 rings (SSSR count). The number of carbonyl (C=O) groups excluding carboxylic acids is 1. The van der Waals surface area contributed by atoms with Gasteiger partial charge in [-0.15, -0.1) is 0 Å². The van der Waals surface area contributed by atoms with Crippen molar-refractivity contribution in [3.63, 3.8) is 0 Å². The fourth-order valence-electron chi connectivity index (χ4n) is 2.48. The average Bonchev–Trinajstić information content (AvgIpc) is 2.84. The summed E-state index contributed by atoms with van der Waals surface area (Å²) in [6.45, 7) is 2.60. The summed E-state index contributed by atoms with van der Waals surface area (Å²) in [5.74, 6) is -1.93. The van der Waals surface area contributed by atoms with E-state index in [1.54, 1.807) is 0 Å². The molecule has 23 heavy (non-hydrogen) atoms. The number of aliphatic hydroxyl groups excluding tert-OH is 1. The van der Waals surface area contributed by atoms with Crippen molar-refractivity contribution < 1.29 is 23.1 Å². The summed E-state index contributed by atoms with van der Waals surface area (Å²) in [6.07, 6.45) is -5.88. The third kappa shape index (κ3) is 4.25. The molecule has 1 aromatic carbocycles. The van der Waals surface area contributed by atoms with Crippen LogP contribution in [0.3, 0.4) is 0 Å². The number of para-hydroxylation sites is 1. The van der Waals surface area contributed by atoms with Crippen LogP contribution >= 0.6 is 0 Å². The van der Waals surface area contributed by atoms with Crippen molar-refractivity contribution in [2.24, 2.45) is 0 Å². The number of hydrogen-bond donors (Lipinski definition) is 2. The molecule has 126 valence electrons. The molecule has 2 aromatic rings. The second-order valence-corrected chi connectivity index (χ2v) is 5.79. The minimum atomic E-state index is -4.94. The SMILES string of the molecule is CC(C)N(CC(O)Cc1cc2ccccc2[nH]1)C(=O)C(F)(F)F. The van der Waals surface area contributed by atoms with Gasteiger partial charge in [0.1, 0.15) is 0 Å². The highest BCUT2D eigenvalue weighted by molar-refractivity contribution is 5.82. The van der Waals surface area contributed by atoms with Gasteiger partial charge in [0.05, 0.1) is 6.10 Å². The predicted molar refractivity (Wildman–Crippen MR) is 80.9 cm³/mol. The van der Waals surface area contributed by atoms with E-state index in [0.29, 0.717) is 10.6 Å². The molecule has 0 bridgehead atoms. The molecule has 0 radical (unpaired) electrons. The van der Waals surface area contributed by atoms with E-state index in [1.807, 2.05) is 30.3 Å². The molecule has 1 amide bonds. The predicted octanol–water partition coefficient (Wildman–Crippen LogP) is 2.87. The molecule has 1 heterocycles. The summed E-state index contributed by atoms with van der Waals surface area (Å²) < 4.78 is 37.8. The number of nitrogens with one attached hydrogen (secondary N) is 1. The van der Waals surface area contributed by atoms with Crippen LogP contribution in [0.5, 0.6) is 0 Å². The number of hydrogen-bond acceptors (Lipinski definition) is 2. The maximum absolute atomic E-state index is 12.6. The van der Waals surface area contributed by atoms with Crippen LogP contribution in [-0.2, 0) is 11.2 Å². The first-order valence-electron chi connectivity index (χ1n) is 7.31. The number of carbonyl (C=O) groups is 1. The van der Waals surface area contributed by atoms with Crippen LogP contribution < -0.4 is 0 Å². The first-order valence-corrected chi connectivity index (χ1v) is 7.31. The van der Waals surface area contributed by atoms with E-state index < -0.39 is 24.2 Å². The number of aliphatic hydroxyl groups is 1. The second kappa shape index (κ2) is 6.62. The normalized spacial score (nSPS) is 13.5. The zero-order valence-corrected chi connectivity index (χ0v) is 12.9. The van der Waals surface area contributed by atoms with Crippen LogP contribution in [0.4, 0.5) is 13.2 Å². The van der Waals surface area contributed by atoms with Crippen LogP contribution in [0, 0.1) is 0 Å². The first kappa shape index (κ1) is 17.3. The highest BCUT2D eigenvalue weighted by Crippen LogP contribution is 2.21. The molecular weight excluding hydrogens is 309 g/mol. The third-order valence-electron chi connectivity index (χ3n) is 3.58. The Labute approximate surface area is 131 Å². The summed E-state index contributed by atoms with van der Waals surface area (Å²) in [6, 6.07) is 8.69. The molecule has 0 aliphatic rings. The molecule has 0 spiro atoms. The van der Waals surface area contributed by atoms with Gasteiger partial charge in [-0.25, -0.2) is 0 Å². The zero-order valence-electron chi connectivity index (χ0n) is 12.9. The van der Waals surface area contributed by atoms with Gasteiger partial charge < -0.3 is 15.0 Å². The van der Waals surface area contributed by atoms with Gasteiger partial charge in [0.2, 0.25) is 0 Å². The summed E-state index contributed by atoms with van der Waals surface area (Å²) in [5.41, 5.74) is 1.60. The Morgan fingerprint density at radius 1 is 1.30 bits per heavy atom. The Balaban J connectivity index is 2.07. The fourth-order valence-corrected chi connectivity index (χ4v) is 2.48. The smallest absolute Gasteiger partial charge is 0.391 e. The van der Waals surface area contributed by atoms with Gasteiger partial charge in [-0.05, 0) is 31.4 Å². The van der Waals surface area contributed by atoms with Crippen LogP contribution in [0.2, 0.25) is 0 Å². The Hall–Kier alpha value is -2.02. The van der Waals surface area contributed by atoms with Gasteiger partial charge in [-0.2, -0.15) is 13.2 Å². The van der Waals surface area contributed by atoms with Crippen LogP contribution in [0.1, 0.15) is 19.5 Å². The monoisotopic (exact) mass is 328 g/mol. The lowest BCUT2D eigenvalue weighted by Gasteiger charge is -2.29. The molecule has 4 nitrogen and oxygen atoms in total. The fraction of sp³-hybridized carbons (Fsp3) is 0.438. The lowest BCUT2D eigenvalue weighted by Crippen LogP contribution is -2.48. The molecular formula is C16H19F3N2O2. The van der Waals surface area contributed by atoms with Crippen molar-refractivity contribution in [1.82, 2.24) is 9.88 Å². The number of aromatic nitrogens is 1. The quantitative estimate of drug-likeness (QED) is 0.887. The molecule has 1 aromatic heterocycles. The maximum atomic E-state index is 12.6. The van der Waals surface area contributed by atoms with Gasteiger partial charge in [0.25, 0.3) is 0 Å². The van der Waals surface area contributed by atoms with Gasteiger partial charge >= 0.3 is 12.1 Å². The molecule has 7 heteroatoms. The van der Waals surface area contributed by atoms with Gasteiger partial charge in [0.15, 0.2) is 0 Å². The number of fused-ring (bicyclic) bond motifs is 1. The van der Waals surface area contributed by atoms with Crippen LogP contribution in [0.25, 0.3) is 10.9 Å². The highest BCUT2D eigenvalue weighted by atomic mass is 19.4. The first-order chi connectivity index (χ1) is 10.7. The second-order valence-electron chi connectivity index (χ2n) is 5.79. The van der Waals surface area contributed by atoms with Gasteiger partial charge in [0, 0.05) is 30.2 Å². The number of nitrogens with zero attached hydrogens (tertiary/aromatic N) is 1. The minimum Gasteiger partial charge on any atom is -0.391 e. The summed E-state index contributed by atoms with van der Waals surface area (Å²) >= 11 is 0. The Morgan fingerprint density at radius 2 is 1.96 bits per heavy atom. The van der Waals surface area contributed by atoms with E-state index in [2.05, 4.69) is 4.98 Å². The molecule has 0 aliphatic carbocycles. The molecule has 0 saturated heterocycles. The van der Waals surface area contributed by atoms with Gasteiger partial charge in [-0.1, -0.05) is 18.2 Å². The highest BCUT2D eigenvalue weighted by Gasteiger charge is 2.43. The van der Waals surface area contributed by atoms with E-state index in [-0.39, 0.29) is 13.0 Å². The van der Waals surface area contributed by atoms with Crippen molar-refractivity contribution in [2.75, 3.05) is 6.54 Å². The largest absolute Gasteiger partial charge is 0.471 e. The molecule has 0 fully saturated rings. The van der Waals surface area contributed by atoms with Crippen LogP contribution in [-0.4, -0.2) is 45.8 Å².